The Kier molecular flexibility index (Phi) is 23.6. The van der Waals surface area contributed by atoms with E-state index in [9.17, 15) is 42.8 Å². The molecule has 23 nitrogen and oxygen atoms in total. The first-order valence-corrected chi connectivity index (χ1v) is 39.3. The van der Waals surface area contributed by atoms with Gasteiger partial charge in [0.05, 0.1) is 49.8 Å². The Bertz CT molecular complexity index is 4380. The number of pyridine rings is 1. The van der Waals surface area contributed by atoms with Crippen molar-refractivity contribution in [2.45, 2.75) is 154 Å². The number of aliphatic hydroxyl groups is 1. The van der Waals surface area contributed by atoms with Crippen LogP contribution in [0.15, 0.2) is 125 Å². The third-order valence-electron chi connectivity index (χ3n) is 21.6. The third kappa shape index (κ3) is 18.5. The molecule has 6 heterocycles. The van der Waals surface area contributed by atoms with Crippen LogP contribution in [0.1, 0.15) is 145 Å². The second kappa shape index (κ2) is 32.6. The largest absolute Gasteiger partial charge is 0.455 e. The number of fused-ring (bicyclic) bond motifs is 1. The second-order valence-corrected chi connectivity index (χ2v) is 33.7. The highest BCUT2D eigenvalue weighted by Crippen LogP contribution is 2.44. The molecule has 1 unspecified atom stereocenters. The molecule has 2 aliphatic carbocycles. The number of allylic oxidation sites excluding steroid dienone is 1. The number of sulfonamides is 1. The molecule has 4 fully saturated rings. The van der Waals surface area contributed by atoms with Crippen LogP contribution in [0, 0.1) is 33.8 Å². The number of aromatic amines is 1. The first-order valence-electron chi connectivity index (χ1n) is 36.5. The number of benzene rings is 4. The number of carbonyl (C=O) groups is 4. The molecule has 4 amide bonds. The SMILES string of the molecule is Cc1ncsc1-c1ccc([C@H](C)NC(=O)[C@@H]2C[C@@H](O)CN2C(=O)C(NC(=O)CCCCN2CCN(C3CCC(CNc4ccc(S(=O)(=O)NC(=O)c5ccc(N6CCN(CC7=C(c8ccc(Cl)cc8)CC(C)(C)CC7)CC6)cc5Oc5cnc6[nH]ccc6c5)cc4[N+](=O)[O-])CC3)CC2)C(C)(C)C)cc1. The van der Waals surface area contributed by atoms with E-state index in [1.54, 1.807) is 41.8 Å². The number of hydrogen-bond donors (Lipinski definition) is 6. The summed E-state index contributed by atoms with van der Waals surface area (Å²) in [7, 11) is -4.64. The fraction of sp³-hybridized carbons (Fsp3) is 0.487. The zero-order valence-electron chi connectivity index (χ0n) is 60.6. The number of anilines is 2. The predicted octanol–water partition coefficient (Wildman–Crippen LogP) is 12.4. The standard InChI is InChI=1S/C78H98ClN13O10S2/c1-50(53-13-15-55(16-14-53)71-51(2)83-49-103-71)84-75(96)68-42-61(93)48-91(68)76(97)72(77(3,4)5)85-70(94)10-8-9-31-87-32-36-89(37-33-87)59-21-11-52(12-22-59)45-81-66-26-24-63(43-67(66)92(98)99)104(100,101)86-74(95)64-25-23-60(41-69(64)102-62-40-56-28-30-80-73(56)82-46-62)90-38-34-88(35-39-90)47-57-27-29-78(6,7)44-65(57)54-17-19-58(79)20-18-54/h13-20,23-26,28,30,40-41,43,46,49-50,52,59,61,68,72,81,93H,8-12,21-22,27,29,31-39,42,44-45,47-48H2,1-7H3,(H,80,82)(H,84,96)(H,85,94)(H,86,95)/t50-,52?,59?,61+,68-,72?/m0/s1. The van der Waals surface area contributed by atoms with Crippen LogP contribution in [0.4, 0.5) is 17.1 Å². The van der Waals surface area contributed by atoms with Crippen LogP contribution in [-0.4, -0.2) is 179 Å². The molecular formula is C78H98ClN13O10S2. The number of hydrogen-bond acceptors (Lipinski definition) is 18. The Balaban J connectivity index is 0.586. The number of nitrogens with one attached hydrogen (secondary N) is 5. The average molecular weight is 1480 g/mol. The Morgan fingerprint density at radius 1 is 0.865 bits per heavy atom. The van der Waals surface area contributed by atoms with E-state index >= 15 is 0 Å². The lowest BCUT2D eigenvalue weighted by molar-refractivity contribution is -0.384. The minimum atomic E-state index is -4.64. The Morgan fingerprint density at radius 2 is 1.59 bits per heavy atom. The summed E-state index contributed by atoms with van der Waals surface area (Å²) in [6, 6.07) is 26.7. The summed E-state index contributed by atoms with van der Waals surface area (Å²) in [4.78, 5) is 91.6. The van der Waals surface area contributed by atoms with Gasteiger partial charge in [0.2, 0.25) is 17.7 Å². The smallest absolute Gasteiger partial charge is 0.293 e. The molecule has 0 radical (unpaired) electrons. The van der Waals surface area contributed by atoms with Crippen LogP contribution in [0.3, 0.4) is 0 Å². The molecule has 4 atom stereocenters. The highest BCUT2D eigenvalue weighted by Gasteiger charge is 2.45. The molecule has 5 aliphatic rings. The molecule has 4 aromatic carbocycles. The number of ether oxygens (including phenoxy) is 1. The molecule has 0 bridgehead atoms. The predicted molar refractivity (Wildman–Crippen MR) is 407 cm³/mol. The number of nitro benzene ring substituents is 1. The average Bonchev–Trinajstić information content (AvgIpc) is 1.56. The minimum Gasteiger partial charge on any atom is -0.455 e. The molecule has 12 rings (SSSR count). The van der Waals surface area contributed by atoms with E-state index in [-0.39, 0.29) is 65.6 Å². The number of nitrogens with zero attached hydrogens (tertiary/aromatic N) is 8. The maximum atomic E-state index is 14.3. The van der Waals surface area contributed by atoms with Crippen molar-refractivity contribution in [3.63, 3.8) is 0 Å². The highest BCUT2D eigenvalue weighted by atomic mass is 35.5. The fourth-order valence-electron chi connectivity index (χ4n) is 15.4. The number of piperazine rings is 2. The van der Waals surface area contributed by atoms with Crippen molar-refractivity contribution in [3.8, 4) is 21.9 Å². The first-order chi connectivity index (χ1) is 49.7. The molecule has 554 valence electrons. The molecule has 26 heteroatoms. The maximum absolute atomic E-state index is 14.3. The molecular weight excluding hydrogens is 1380 g/mol. The van der Waals surface area contributed by atoms with Crippen LogP contribution < -0.4 is 30.3 Å². The van der Waals surface area contributed by atoms with Crippen molar-refractivity contribution in [2.75, 3.05) is 88.8 Å². The van der Waals surface area contributed by atoms with E-state index in [1.807, 2.05) is 82.6 Å². The van der Waals surface area contributed by atoms with E-state index in [2.05, 4.69) is 81.2 Å². The number of H-pyrrole nitrogens is 1. The monoisotopic (exact) mass is 1480 g/mol. The topological polar surface area (TPSA) is 281 Å². The van der Waals surface area contributed by atoms with E-state index in [4.69, 9.17) is 16.3 Å². The quantitative estimate of drug-likeness (QED) is 0.0176. The van der Waals surface area contributed by atoms with Crippen molar-refractivity contribution in [1.29, 1.82) is 0 Å². The number of β-amino-alcohol motifs (C(OH)–C–C–N with tert-alkyl or cyclic N) is 1. The maximum Gasteiger partial charge on any atom is 0.293 e. The summed E-state index contributed by atoms with van der Waals surface area (Å²) in [5.41, 5.74) is 9.47. The van der Waals surface area contributed by atoms with Gasteiger partial charge in [-0.1, -0.05) is 88.2 Å². The molecule has 7 aromatic rings. The van der Waals surface area contributed by atoms with Crippen molar-refractivity contribution in [3.05, 3.63) is 158 Å². The minimum absolute atomic E-state index is 0.00325. The normalized spacial score (nSPS) is 20.6. The van der Waals surface area contributed by atoms with Gasteiger partial charge in [-0.3, -0.25) is 39.1 Å². The molecule has 3 aromatic heterocycles. The summed E-state index contributed by atoms with van der Waals surface area (Å²) in [5.74, 6) is -1.26. The number of rotatable bonds is 25. The van der Waals surface area contributed by atoms with Gasteiger partial charge in [-0.25, -0.2) is 23.1 Å². The van der Waals surface area contributed by atoms with Crippen molar-refractivity contribution in [2.24, 2.45) is 16.7 Å². The van der Waals surface area contributed by atoms with E-state index in [0.29, 0.717) is 43.5 Å². The number of aryl methyl sites for hydroxylation is 1. The summed E-state index contributed by atoms with van der Waals surface area (Å²) < 4.78 is 36.8. The Morgan fingerprint density at radius 3 is 2.29 bits per heavy atom. The molecule has 1 saturated carbocycles. The van der Waals surface area contributed by atoms with Gasteiger partial charge in [0.1, 0.15) is 34.9 Å². The lowest BCUT2D eigenvalue weighted by atomic mass is 9.72. The summed E-state index contributed by atoms with van der Waals surface area (Å²) in [5, 5.41) is 34.2. The van der Waals surface area contributed by atoms with Gasteiger partial charge in [-0.05, 0) is 166 Å². The number of unbranched alkanes of at least 4 members (excludes halogenated alkanes) is 1. The number of aromatic nitrogens is 3. The van der Waals surface area contributed by atoms with Gasteiger partial charge in [0.15, 0.2) is 0 Å². The van der Waals surface area contributed by atoms with Crippen molar-refractivity contribution in [1.82, 2.24) is 49.9 Å². The van der Waals surface area contributed by atoms with Gasteiger partial charge in [-0.2, -0.15) is 0 Å². The third-order valence-corrected chi connectivity index (χ3v) is 24.1. The molecule has 3 aliphatic heterocycles. The van der Waals surface area contributed by atoms with Gasteiger partial charge in [0, 0.05) is 125 Å². The summed E-state index contributed by atoms with van der Waals surface area (Å²) in [6.45, 7) is 23.0. The number of thiazole rings is 1. The van der Waals surface area contributed by atoms with E-state index < -0.39 is 60.9 Å². The number of halogens is 1. The lowest BCUT2D eigenvalue weighted by Gasteiger charge is -2.42. The van der Waals surface area contributed by atoms with Crippen LogP contribution in [0.25, 0.3) is 27.0 Å². The van der Waals surface area contributed by atoms with Gasteiger partial charge in [0.25, 0.3) is 21.6 Å². The van der Waals surface area contributed by atoms with Gasteiger partial charge < -0.3 is 45.5 Å². The lowest BCUT2D eigenvalue weighted by Crippen LogP contribution is -2.57. The van der Waals surface area contributed by atoms with E-state index in [0.717, 1.165) is 148 Å². The zero-order valence-corrected chi connectivity index (χ0v) is 63.0. The van der Waals surface area contributed by atoms with E-state index in [1.165, 1.54) is 39.9 Å². The molecule has 104 heavy (non-hydrogen) atoms. The summed E-state index contributed by atoms with van der Waals surface area (Å²) >= 11 is 7.86. The number of nitro groups is 1. The fourth-order valence-corrected chi connectivity index (χ4v) is 17.3. The van der Waals surface area contributed by atoms with Crippen LogP contribution >= 0.6 is 22.9 Å². The van der Waals surface area contributed by atoms with Crippen LogP contribution in [0.2, 0.25) is 5.02 Å². The number of amides is 4. The van der Waals surface area contributed by atoms with Crippen LogP contribution in [0.5, 0.6) is 11.5 Å². The second-order valence-electron chi connectivity index (χ2n) is 30.7. The van der Waals surface area contributed by atoms with Crippen LogP contribution in [-0.2, 0) is 24.4 Å². The molecule has 0 spiro atoms. The molecule has 6 N–H and O–H groups in total. The van der Waals surface area contributed by atoms with Gasteiger partial charge >= 0.3 is 0 Å². The van der Waals surface area contributed by atoms with Crippen molar-refractivity contribution >= 4 is 90.3 Å². The first kappa shape index (κ1) is 75.4. The number of aliphatic hydroxyl groups excluding tert-OH is 1. The van der Waals surface area contributed by atoms with Crippen molar-refractivity contribution < 1.29 is 42.4 Å². The molecule has 3 saturated heterocycles. The zero-order chi connectivity index (χ0) is 73.6. The summed E-state index contributed by atoms with van der Waals surface area (Å²) in [6.07, 6.45) is 11.1. The van der Waals surface area contributed by atoms with Gasteiger partial charge in [-0.15, -0.1) is 11.3 Å². The highest BCUT2D eigenvalue weighted by molar-refractivity contribution is 7.90. The number of carbonyl (C=O) groups excluding carboxylic acids is 4. The Hall–Kier alpha value is -8.30. The number of likely N-dealkylation sites (tertiary alicyclic amines) is 1. The Labute approximate surface area is 618 Å².